The Kier molecular flexibility index (Phi) is 5.65. The summed E-state index contributed by atoms with van der Waals surface area (Å²) in [4.78, 5) is 19.1. The quantitative estimate of drug-likeness (QED) is 0.478. The lowest BCUT2D eigenvalue weighted by Crippen LogP contribution is -2.38. The van der Waals surface area contributed by atoms with Crippen LogP contribution in [0.5, 0.6) is 5.75 Å². The monoisotopic (exact) mass is 432 g/mol. The van der Waals surface area contributed by atoms with Crippen molar-refractivity contribution < 1.29 is 9.53 Å². The molecule has 1 aliphatic rings. The Labute approximate surface area is 184 Å². The fourth-order valence-electron chi connectivity index (χ4n) is 3.87. The van der Waals surface area contributed by atoms with Gasteiger partial charge < -0.3 is 19.5 Å². The maximum Gasteiger partial charge on any atom is 0.227 e. The molecule has 0 radical (unpaired) electrons. The molecule has 4 aromatic rings. The smallest absolute Gasteiger partial charge is 0.227 e. The number of aromatic nitrogens is 6. The van der Waals surface area contributed by atoms with Crippen LogP contribution in [0.4, 0.5) is 11.5 Å². The molecular weight excluding hydrogens is 408 g/mol. The molecule has 164 valence electrons. The molecule has 1 N–H and O–H groups in total. The third-order valence-electron chi connectivity index (χ3n) is 5.65. The van der Waals surface area contributed by atoms with E-state index in [9.17, 15) is 4.79 Å². The Balaban J connectivity index is 1.16. The fraction of sp³-hybridized carbons (Fsp3) is 0.318. The molecule has 10 nitrogen and oxygen atoms in total. The molecule has 5 rings (SSSR count). The zero-order valence-corrected chi connectivity index (χ0v) is 17.5. The summed E-state index contributed by atoms with van der Waals surface area (Å²) in [6.45, 7) is 2.71. The van der Waals surface area contributed by atoms with Crippen molar-refractivity contribution in [3.8, 4) is 5.75 Å². The van der Waals surface area contributed by atoms with Crippen molar-refractivity contribution in [2.75, 3.05) is 29.9 Å². The standard InChI is InChI=1S/C22H24N8O2/c31-22(25-18-3-1-2-4-19(18)32-14-13-28-12-9-23-15-28)17-7-10-29(11-8-17)21-6-5-20-26-24-16-30(20)27-21/h1-6,9,12,15-17H,7-8,10-11,13-14H2,(H,25,31). The molecule has 1 aliphatic heterocycles. The van der Waals surface area contributed by atoms with Crippen molar-refractivity contribution in [2.24, 2.45) is 5.92 Å². The Morgan fingerprint density at radius 2 is 2.00 bits per heavy atom. The summed E-state index contributed by atoms with van der Waals surface area (Å²) in [5, 5.41) is 15.5. The van der Waals surface area contributed by atoms with Gasteiger partial charge in [0.1, 0.15) is 24.5 Å². The minimum Gasteiger partial charge on any atom is -0.490 e. The third kappa shape index (κ3) is 4.39. The number of para-hydroxylation sites is 2. The fourth-order valence-corrected chi connectivity index (χ4v) is 3.87. The maximum atomic E-state index is 12.9. The van der Waals surface area contributed by atoms with Crippen LogP contribution < -0.4 is 15.0 Å². The van der Waals surface area contributed by atoms with Gasteiger partial charge in [0.15, 0.2) is 5.65 Å². The van der Waals surface area contributed by atoms with Gasteiger partial charge in [0.2, 0.25) is 5.91 Å². The minimum atomic E-state index is -0.0519. The van der Waals surface area contributed by atoms with Crippen LogP contribution in [0.1, 0.15) is 12.8 Å². The van der Waals surface area contributed by atoms with Crippen molar-refractivity contribution >= 4 is 23.1 Å². The van der Waals surface area contributed by atoms with Gasteiger partial charge in [0.25, 0.3) is 0 Å². The summed E-state index contributed by atoms with van der Waals surface area (Å²) >= 11 is 0. The number of hydrogen-bond acceptors (Lipinski definition) is 7. The largest absolute Gasteiger partial charge is 0.490 e. The van der Waals surface area contributed by atoms with E-state index >= 15 is 0 Å². The molecule has 0 unspecified atom stereocenters. The Morgan fingerprint density at radius 3 is 2.84 bits per heavy atom. The molecule has 1 saturated heterocycles. The van der Waals surface area contributed by atoms with Crippen LogP contribution in [-0.2, 0) is 11.3 Å². The first-order valence-electron chi connectivity index (χ1n) is 10.7. The number of anilines is 2. The Hall–Kier alpha value is -3.95. The van der Waals surface area contributed by atoms with Gasteiger partial charge in [-0.05, 0) is 37.1 Å². The van der Waals surface area contributed by atoms with Gasteiger partial charge in [-0.2, -0.15) is 4.52 Å². The van der Waals surface area contributed by atoms with Crippen LogP contribution in [-0.4, -0.2) is 55.0 Å². The van der Waals surface area contributed by atoms with Gasteiger partial charge >= 0.3 is 0 Å². The second-order valence-corrected chi connectivity index (χ2v) is 7.72. The van der Waals surface area contributed by atoms with E-state index in [0.29, 0.717) is 30.2 Å². The molecular formula is C22H24N8O2. The summed E-state index contributed by atoms with van der Waals surface area (Å²) < 4.78 is 9.52. The lowest BCUT2D eigenvalue weighted by atomic mass is 9.95. The van der Waals surface area contributed by atoms with E-state index in [1.54, 1.807) is 23.4 Å². The molecule has 0 bridgehead atoms. The van der Waals surface area contributed by atoms with Crippen LogP contribution in [0.25, 0.3) is 5.65 Å². The number of nitrogens with one attached hydrogen (secondary N) is 1. The first-order chi connectivity index (χ1) is 15.8. The highest BCUT2D eigenvalue weighted by atomic mass is 16.5. The molecule has 0 spiro atoms. The summed E-state index contributed by atoms with van der Waals surface area (Å²) in [6.07, 6.45) is 8.50. The number of ether oxygens (including phenoxy) is 1. The lowest BCUT2D eigenvalue weighted by Gasteiger charge is -2.32. The second-order valence-electron chi connectivity index (χ2n) is 7.72. The van der Waals surface area contributed by atoms with Crippen molar-refractivity contribution in [3.63, 3.8) is 0 Å². The average molecular weight is 432 g/mol. The van der Waals surface area contributed by atoms with E-state index in [4.69, 9.17) is 4.74 Å². The van der Waals surface area contributed by atoms with Gasteiger partial charge in [-0.25, -0.2) is 4.98 Å². The lowest BCUT2D eigenvalue weighted by molar-refractivity contribution is -0.120. The molecule has 1 aromatic carbocycles. The second kappa shape index (κ2) is 9.04. The molecule has 10 heteroatoms. The van der Waals surface area contributed by atoms with E-state index in [2.05, 4.69) is 30.5 Å². The number of rotatable bonds is 7. The van der Waals surface area contributed by atoms with Crippen molar-refractivity contribution in [2.45, 2.75) is 19.4 Å². The number of amides is 1. The summed E-state index contributed by atoms with van der Waals surface area (Å²) in [5.74, 6) is 1.51. The zero-order valence-electron chi connectivity index (χ0n) is 17.5. The molecule has 3 aromatic heterocycles. The van der Waals surface area contributed by atoms with Crippen LogP contribution in [0, 0.1) is 5.92 Å². The summed E-state index contributed by atoms with van der Waals surface area (Å²) in [5.41, 5.74) is 1.42. The molecule has 4 heterocycles. The highest BCUT2D eigenvalue weighted by Crippen LogP contribution is 2.27. The first kappa shape index (κ1) is 20.0. The first-order valence-corrected chi connectivity index (χ1v) is 10.7. The highest BCUT2D eigenvalue weighted by molar-refractivity contribution is 5.94. The summed E-state index contributed by atoms with van der Waals surface area (Å²) in [6, 6.07) is 11.4. The van der Waals surface area contributed by atoms with E-state index in [1.807, 2.05) is 47.2 Å². The third-order valence-corrected chi connectivity index (χ3v) is 5.65. The Bertz CT molecular complexity index is 1180. The molecule has 0 aliphatic carbocycles. The van der Waals surface area contributed by atoms with Gasteiger partial charge in [0.05, 0.1) is 18.6 Å². The SMILES string of the molecule is O=C(Nc1ccccc1OCCn1ccnc1)C1CCN(c2ccc3nncn3n2)CC1. The van der Waals surface area contributed by atoms with E-state index < -0.39 is 0 Å². The summed E-state index contributed by atoms with van der Waals surface area (Å²) in [7, 11) is 0. The van der Waals surface area contributed by atoms with Crippen LogP contribution in [0.15, 0.2) is 61.4 Å². The predicted molar refractivity (Wildman–Crippen MR) is 119 cm³/mol. The number of carbonyl (C=O) groups excluding carboxylic acids is 1. The van der Waals surface area contributed by atoms with Gasteiger partial charge in [-0.3, -0.25) is 4.79 Å². The molecule has 32 heavy (non-hydrogen) atoms. The molecule has 0 saturated carbocycles. The number of hydrogen-bond donors (Lipinski definition) is 1. The normalized spacial score (nSPS) is 14.6. The number of carbonyl (C=O) groups is 1. The number of fused-ring (bicyclic) bond motifs is 1. The maximum absolute atomic E-state index is 12.9. The predicted octanol–water partition coefficient (Wildman–Crippen LogP) is 2.25. The van der Waals surface area contributed by atoms with Crippen LogP contribution in [0.3, 0.4) is 0 Å². The van der Waals surface area contributed by atoms with Crippen molar-refractivity contribution in [1.29, 1.82) is 0 Å². The van der Waals surface area contributed by atoms with E-state index in [1.165, 1.54) is 0 Å². The molecule has 1 amide bonds. The number of imidazole rings is 1. The number of piperidine rings is 1. The zero-order chi connectivity index (χ0) is 21.8. The van der Waals surface area contributed by atoms with Gasteiger partial charge in [0, 0.05) is 31.4 Å². The van der Waals surface area contributed by atoms with Crippen molar-refractivity contribution in [1.82, 2.24) is 29.4 Å². The van der Waals surface area contributed by atoms with Crippen molar-refractivity contribution in [3.05, 3.63) is 61.4 Å². The van der Waals surface area contributed by atoms with E-state index in [-0.39, 0.29) is 11.8 Å². The molecule has 0 atom stereocenters. The minimum absolute atomic E-state index is 0.0255. The van der Waals surface area contributed by atoms with Crippen LogP contribution in [0.2, 0.25) is 0 Å². The Morgan fingerprint density at radius 1 is 1.12 bits per heavy atom. The van der Waals surface area contributed by atoms with E-state index in [0.717, 1.165) is 31.7 Å². The highest BCUT2D eigenvalue weighted by Gasteiger charge is 2.26. The molecule has 1 fully saturated rings. The number of benzene rings is 1. The average Bonchev–Trinajstić information content (AvgIpc) is 3.52. The van der Waals surface area contributed by atoms with Gasteiger partial charge in [-0.15, -0.1) is 15.3 Å². The number of nitrogens with zero attached hydrogens (tertiary/aromatic N) is 7. The topological polar surface area (TPSA) is 102 Å². The van der Waals surface area contributed by atoms with Crippen LogP contribution >= 0.6 is 0 Å². The van der Waals surface area contributed by atoms with Gasteiger partial charge in [-0.1, -0.05) is 12.1 Å².